The number of nitrogens with zero attached hydrogens (tertiary/aromatic N) is 1. The number of phenols is 1. The lowest BCUT2D eigenvalue weighted by molar-refractivity contribution is -0.131. The lowest BCUT2D eigenvalue weighted by Gasteiger charge is -2.26. The number of phenolic OH excluding ortho intramolecular Hbond substituents is 1. The number of rotatable bonds is 4. The van der Waals surface area contributed by atoms with Gasteiger partial charge in [0.2, 0.25) is 5.91 Å². The molecule has 1 aromatic rings. The summed E-state index contributed by atoms with van der Waals surface area (Å²) in [5.41, 5.74) is 6.85. The quantitative estimate of drug-likeness (QED) is 0.872. The first-order valence-corrected chi connectivity index (χ1v) is 6.79. The summed E-state index contributed by atoms with van der Waals surface area (Å²) in [6, 6.07) is 6.98. The fraction of sp³-hybridized carbons (Fsp3) is 0.533. The molecular formula is C15H22N2O2. The highest BCUT2D eigenvalue weighted by molar-refractivity contribution is 5.77. The van der Waals surface area contributed by atoms with Crippen molar-refractivity contribution in [3.63, 3.8) is 0 Å². The van der Waals surface area contributed by atoms with E-state index in [9.17, 15) is 9.90 Å². The molecule has 0 aliphatic heterocycles. The van der Waals surface area contributed by atoms with Gasteiger partial charge in [0.1, 0.15) is 5.75 Å². The van der Waals surface area contributed by atoms with Crippen LogP contribution in [-0.4, -0.2) is 28.5 Å². The van der Waals surface area contributed by atoms with E-state index in [0.29, 0.717) is 13.0 Å². The zero-order valence-electron chi connectivity index (χ0n) is 11.4. The van der Waals surface area contributed by atoms with Crippen LogP contribution in [0.4, 0.5) is 0 Å². The number of hydrogen-bond acceptors (Lipinski definition) is 3. The summed E-state index contributed by atoms with van der Waals surface area (Å²) < 4.78 is 0. The van der Waals surface area contributed by atoms with Crippen molar-refractivity contribution in [1.82, 2.24) is 4.90 Å². The lowest BCUT2D eigenvalue weighted by Crippen LogP contribution is -2.42. The number of carbonyl (C=O) groups is 1. The van der Waals surface area contributed by atoms with E-state index < -0.39 is 0 Å². The van der Waals surface area contributed by atoms with E-state index in [1.807, 2.05) is 6.07 Å². The van der Waals surface area contributed by atoms with Gasteiger partial charge in [-0.05, 0) is 30.5 Å². The molecule has 1 aliphatic carbocycles. The third-order valence-electron chi connectivity index (χ3n) is 3.86. The molecule has 1 fully saturated rings. The summed E-state index contributed by atoms with van der Waals surface area (Å²) in [7, 11) is 1.78. The van der Waals surface area contributed by atoms with Gasteiger partial charge in [-0.3, -0.25) is 4.79 Å². The Labute approximate surface area is 114 Å². The highest BCUT2D eigenvalue weighted by atomic mass is 16.3. The summed E-state index contributed by atoms with van der Waals surface area (Å²) >= 11 is 0. The van der Waals surface area contributed by atoms with Crippen LogP contribution in [0.3, 0.4) is 0 Å². The molecule has 4 heteroatoms. The van der Waals surface area contributed by atoms with Crippen LogP contribution in [0.5, 0.6) is 5.75 Å². The van der Waals surface area contributed by atoms with Crippen molar-refractivity contribution in [2.75, 3.05) is 7.05 Å². The molecule has 104 valence electrons. The number of carbonyl (C=O) groups excluding carboxylic acids is 1. The Balaban J connectivity index is 1.92. The van der Waals surface area contributed by atoms with Gasteiger partial charge in [0.05, 0.1) is 0 Å². The Bertz CT molecular complexity index is 453. The highest BCUT2D eigenvalue weighted by Crippen LogP contribution is 2.30. The van der Waals surface area contributed by atoms with Crippen molar-refractivity contribution in [1.29, 1.82) is 0 Å². The maximum Gasteiger partial charge on any atom is 0.224 e. The van der Waals surface area contributed by atoms with E-state index >= 15 is 0 Å². The van der Waals surface area contributed by atoms with Crippen molar-refractivity contribution in [2.24, 2.45) is 5.73 Å². The zero-order valence-corrected chi connectivity index (χ0v) is 11.4. The van der Waals surface area contributed by atoms with E-state index in [4.69, 9.17) is 5.73 Å². The van der Waals surface area contributed by atoms with Crippen LogP contribution in [-0.2, 0) is 11.3 Å². The highest BCUT2D eigenvalue weighted by Gasteiger charge is 2.32. The number of nitrogens with two attached hydrogens (primary N) is 1. The molecule has 0 bridgehead atoms. The van der Waals surface area contributed by atoms with E-state index in [1.54, 1.807) is 30.1 Å². The maximum atomic E-state index is 12.2. The largest absolute Gasteiger partial charge is 0.508 e. The van der Waals surface area contributed by atoms with E-state index in [0.717, 1.165) is 31.2 Å². The molecular weight excluding hydrogens is 240 g/mol. The Hall–Kier alpha value is -1.55. The van der Waals surface area contributed by atoms with Gasteiger partial charge >= 0.3 is 0 Å². The molecule has 0 aromatic heterocycles. The van der Waals surface area contributed by atoms with Gasteiger partial charge in [0.25, 0.3) is 0 Å². The Morgan fingerprint density at radius 2 is 2.11 bits per heavy atom. The first-order chi connectivity index (χ1) is 8.98. The fourth-order valence-corrected chi connectivity index (χ4v) is 2.71. The molecule has 2 rings (SSSR count). The minimum atomic E-state index is -0.301. The monoisotopic (exact) mass is 262 g/mol. The van der Waals surface area contributed by atoms with Gasteiger partial charge in [-0.25, -0.2) is 0 Å². The van der Waals surface area contributed by atoms with Gasteiger partial charge in [-0.1, -0.05) is 25.0 Å². The molecule has 0 atom stereocenters. The molecule has 4 nitrogen and oxygen atoms in total. The average Bonchev–Trinajstić information content (AvgIpc) is 2.75. The van der Waals surface area contributed by atoms with Gasteiger partial charge in [-0.15, -0.1) is 0 Å². The summed E-state index contributed by atoms with van der Waals surface area (Å²) in [5.74, 6) is 0.303. The molecule has 0 unspecified atom stereocenters. The first-order valence-electron chi connectivity index (χ1n) is 6.79. The van der Waals surface area contributed by atoms with Crippen molar-refractivity contribution in [3.05, 3.63) is 29.8 Å². The van der Waals surface area contributed by atoms with Crippen molar-refractivity contribution in [2.45, 2.75) is 44.2 Å². The smallest absolute Gasteiger partial charge is 0.224 e. The second-order valence-corrected chi connectivity index (χ2v) is 5.67. The van der Waals surface area contributed by atoms with Crippen molar-refractivity contribution >= 4 is 5.91 Å². The van der Waals surface area contributed by atoms with Crippen LogP contribution < -0.4 is 5.73 Å². The number of benzene rings is 1. The average molecular weight is 262 g/mol. The van der Waals surface area contributed by atoms with Crippen LogP contribution in [0, 0.1) is 0 Å². The normalized spacial score (nSPS) is 17.4. The van der Waals surface area contributed by atoms with Crippen LogP contribution in [0.2, 0.25) is 0 Å². The molecule has 1 amide bonds. The van der Waals surface area contributed by atoms with Crippen LogP contribution in [0.25, 0.3) is 0 Å². The molecule has 1 saturated carbocycles. The van der Waals surface area contributed by atoms with Crippen LogP contribution in [0.1, 0.15) is 37.7 Å². The molecule has 1 aliphatic rings. The van der Waals surface area contributed by atoms with Gasteiger partial charge in [0.15, 0.2) is 0 Å². The maximum absolute atomic E-state index is 12.2. The van der Waals surface area contributed by atoms with Crippen molar-refractivity contribution < 1.29 is 9.90 Å². The summed E-state index contributed by atoms with van der Waals surface area (Å²) in [6.07, 6.45) is 4.56. The summed E-state index contributed by atoms with van der Waals surface area (Å²) in [6.45, 7) is 0.503. The molecule has 0 radical (unpaired) electrons. The Morgan fingerprint density at radius 3 is 2.74 bits per heavy atom. The summed E-state index contributed by atoms with van der Waals surface area (Å²) in [5, 5.41) is 9.41. The van der Waals surface area contributed by atoms with Crippen LogP contribution >= 0.6 is 0 Å². The minimum absolute atomic E-state index is 0.0766. The SMILES string of the molecule is CN(Cc1cccc(O)c1)C(=O)CC1(N)CCCC1. The third kappa shape index (κ3) is 3.70. The molecule has 1 aromatic carbocycles. The molecule has 19 heavy (non-hydrogen) atoms. The minimum Gasteiger partial charge on any atom is -0.508 e. The predicted octanol–water partition coefficient (Wildman–Crippen LogP) is 2.01. The molecule has 0 spiro atoms. The van der Waals surface area contributed by atoms with E-state index in [2.05, 4.69) is 0 Å². The molecule has 0 saturated heterocycles. The van der Waals surface area contributed by atoms with Gasteiger partial charge < -0.3 is 15.7 Å². The van der Waals surface area contributed by atoms with Gasteiger partial charge in [0, 0.05) is 25.6 Å². The van der Waals surface area contributed by atoms with Crippen molar-refractivity contribution in [3.8, 4) is 5.75 Å². The Kier molecular flexibility index (Phi) is 4.10. The number of hydrogen-bond donors (Lipinski definition) is 2. The standard InChI is InChI=1S/C15H22N2O2/c1-17(11-12-5-4-6-13(18)9-12)14(19)10-15(16)7-2-3-8-15/h4-6,9,18H,2-3,7-8,10-11,16H2,1H3. The second-order valence-electron chi connectivity index (χ2n) is 5.67. The second kappa shape index (κ2) is 5.61. The first kappa shape index (κ1) is 13.9. The molecule has 3 N–H and O–H groups in total. The van der Waals surface area contributed by atoms with Gasteiger partial charge in [-0.2, -0.15) is 0 Å². The third-order valence-corrected chi connectivity index (χ3v) is 3.86. The van der Waals surface area contributed by atoms with Crippen LogP contribution in [0.15, 0.2) is 24.3 Å². The lowest BCUT2D eigenvalue weighted by atomic mass is 9.94. The predicted molar refractivity (Wildman–Crippen MR) is 74.6 cm³/mol. The zero-order chi connectivity index (χ0) is 13.9. The van der Waals surface area contributed by atoms with E-state index in [1.165, 1.54) is 0 Å². The number of amides is 1. The fourth-order valence-electron chi connectivity index (χ4n) is 2.71. The topological polar surface area (TPSA) is 66.6 Å². The van der Waals surface area contributed by atoms with E-state index in [-0.39, 0.29) is 17.2 Å². The number of aromatic hydroxyl groups is 1. The Morgan fingerprint density at radius 1 is 1.42 bits per heavy atom. The summed E-state index contributed by atoms with van der Waals surface area (Å²) in [4.78, 5) is 13.9. The molecule has 0 heterocycles.